The molecule has 1 nitrogen and oxygen atoms in total. The predicted octanol–water partition coefficient (Wildman–Crippen LogP) is 3.28. The Hall–Kier alpha value is -0.890. The molecule has 1 aliphatic carbocycles. The Morgan fingerprint density at radius 2 is 2.27 bits per heavy atom. The van der Waals surface area contributed by atoms with Crippen LogP contribution in [0.25, 0.3) is 0 Å². The number of rotatable bonds is 4. The average molecular weight is 207 g/mol. The number of hydrogen-bond donors (Lipinski definition) is 1. The summed E-state index contributed by atoms with van der Waals surface area (Å²) < 4.78 is 13.0. The smallest absolute Gasteiger partial charge is 0.123 e. The molecule has 82 valence electrons. The van der Waals surface area contributed by atoms with Crippen molar-refractivity contribution in [1.82, 2.24) is 5.32 Å². The van der Waals surface area contributed by atoms with Crippen molar-refractivity contribution in [2.45, 2.75) is 32.2 Å². The standard InChI is InChI=1S/C13H18FN/c1-10(15-9-11-4-2-5-11)12-6-3-7-13(14)8-12/h3,6-8,10-11,15H,2,4-5,9H2,1H3. The molecule has 0 heterocycles. The fourth-order valence-corrected chi connectivity index (χ4v) is 1.93. The maximum absolute atomic E-state index is 13.0. The van der Waals surface area contributed by atoms with Crippen LogP contribution in [0.4, 0.5) is 4.39 Å². The largest absolute Gasteiger partial charge is 0.310 e. The molecular weight excluding hydrogens is 189 g/mol. The van der Waals surface area contributed by atoms with Crippen molar-refractivity contribution >= 4 is 0 Å². The van der Waals surface area contributed by atoms with Crippen molar-refractivity contribution in [3.05, 3.63) is 35.6 Å². The summed E-state index contributed by atoms with van der Waals surface area (Å²) in [5.74, 6) is 0.700. The minimum atomic E-state index is -0.148. The van der Waals surface area contributed by atoms with E-state index in [1.807, 2.05) is 6.07 Å². The monoisotopic (exact) mass is 207 g/mol. The second kappa shape index (κ2) is 4.75. The first-order valence-corrected chi connectivity index (χ1v) is 5.74. The molecule has 1 N–H and O–H groups in total. The van der Waals surface area contributed by atoms with Gasteiger partial charge >= 0.3 is 0 Å². The highest BCUT2D eigenvalue weighted by molar-refractivity contribution is 5.19. The molecule has 1 aromatic carbocycles. The summed E-state index contributed by atoms with van der Waals surface area (Å²) >= 11 is 0. The van der Waals surface area contributed by atoms with Gasteiger partial charge in [-0.3, -0.25) is 0 Å². The van der Waals surface area contributed by atoms with E-state index >= 15 is 0 Å². The molecule has 1 fully saturated rings. The highest BCUT2D eigenvalue weighted by Crippen LogP contribution is 2.26. The van der Waals surface area contributed by atoms with Crippen LogP contribution < -0.4 is 5.32 Å². The Morgan fingerprint density at radius 3 is 2.87 bits per heavy atom. The summed E-state index contributed by atoms with van der Waals surface area (Å²) in [6.45, 7) is 3.16. The Labute approximate surface area is 90.7 Å². The maximum Gasteiger partial charge on any atom is 0.123 e. The molecule has 1 aliphatic rings. The van der Waals surface area contributed by atoms with Gasteiger partial charge < -0.3 is 5.32 Å². The van der Waals surface area contributed by atoms with E-state index in [1.165, 1.54) is 25.3 Å². The third-order valence-electron chi connectivity index (χ3n) is 3.29. The third-order valence-corrected chi connectivity index (χ3v) is 3.29. The summed E-state index contributed by atoms with van der Waals surface area (Å²) in [5.41, 5.74) is 1.04. The van der Waals surface area contributed by atoms with Crippen LogP contribution in [-0.2, 0) is 0 Å². The first-order chi connectivity index (χ1) is 7.25. The van der Waals surface area contributed by atoms with Crippen LogP contribution in [0.15, 0.2) is 24.3 Å². The minimum absolute atomic E-state index is 0.148. The van der Waals surface area contributed by atoms with Crippen molar-refractivity contribution in [2.75, 3.05) is 6.54 Å². The van der Waals surface area contributed by atoms with E-state index < -0.39 is 0 Å². The Bertz CT molecular complexity index is 320. The number of halogens is 1. The van der Waals surface area contributed by atoms with E-state index in [9.17, 15) is 4.39 Å². The van der Waals surface area contributed by atoms with Gasteiger partial charge in [0.25, 0.3) is 0 Å². The van der Waals surface area contributed by atoms with Crippen LogP contribution in [0.1, 0.15) is 37.8 Å². The van der Waals surface area contributed by atoms with Gasteiger partial charge in [0.15, 0.2) is 0 Å². The number of hydrogen-bond acceptors (Lipinski definition) is 1. The van der Waals surface area contributed by atoms with E-state index in [-0.39, 0.29) is 11.9 Å². The summed E-state index contributed by atoms with van der Waals surface area (Å²) in [4.78, 5) is 0. The molecule has 2 heteroatoms. The fraction of sp³-hybridized carbons (Fsp3) is 0.538. The molecule has 15 heavy (non-hydrogen) atoms. The van der Waals surface area contributed by atoms with Crippen molar-refractivity contribution in [3.8, 4) is 0 Å². The van der Waals surface area contributed by atoms with Crippen LogP contribution in [0, 0.1) is 11.7 Å². The molecule has 0 bridgehead atoms. The Balaban J connectivity index is 1.86. The van der Waals surface area contributed by atoms with Crippen molar-refractivity contribution in [3.63, 3.8) is 0 Å². The molecule has 0 radical (unpaired) electrons. The molecule has 1 unspecified atom stereocenters. The quantitative estimate of drug-likeness (QED) is 0.799. The van der Waals surface area contributed by atoms with Gasteiger partial charge in [0, 0.05) is 6.04 Å². The number of nitrogens with one attached hydrogen (secondary N) is 1. The molecule has 0 spiro atoms. The van der Waals surface area contributed by atoms with Gasteiger partial charge in [0.2, 0.25) is 0 Å². The Kier molecular flexibility index (Phi) is 3.37. The first-order valence-electron chi connectivity index (χ1n) is 5.74. The van der Waals surface area contributed by atoms with Crippen LogP contribution in [0.3, 0.4) is 0 Å². The lowest BCUT2D eigenvalue weighted by molar-refractivity contribution is 0.292. The van der Waals surface area contributed by atoms with Crippen LogP contribution in [-0.4, -0.2) is 6.54 Å². The molecular formula is C13H18FN. The van der Waals surface area contributed by atoms with Crippen molar-refractivity contribution < 1.29 is 4.39 Å². The van der Waals surface area contributed by atoms with E-state index in [0.717, 1.165) is 18.0 Å². The highest BCUT2D eigenvalue weighted by Gasteiger charge is 2.17. The number of benzene rings is 1. The molecule has 2 rings (SSSR count). The normalized spacial score (nSPS) is 18.5. The SMILES string of the molecule is CC(NCC1CCC1)c1cccc(F)c1. The molecule has 0 aromatic heterocycles. The Morgan fingerprint density at radius 1 is 1.47 bits per heavy atom. The van der Waals surface area contributed by atoms with Crippen molar-refractivity contribution in [1.29, 1.82) is 0 Å². The zero-order chi connectivity index (χ0) is 10.7. The zero-order valence-electron chi connectivity index (χ0n) is 9.17. The lowest BCUT2D eigenvalue weighted by Gasteiger charge is -2.27. The second-order valence-electron chi connectivity index (χ2n) is 4.48. The highest BCUT2D eigenvalue weighted by atomic mass is 19.1. The van der Waals surface area contributed by atoms with E-state index in [2.05, 4.69) is 12.2 Å². The molecule has 0 saturated heterocycles. The van der Waals surface area contributed by atoms with Crippen LogP contribution in [0.2, 0.25) is 0 Å². The first kappa shape index (κ1) is 10.6. The molecule has 0 amide bonds. The zero-order valence-corrected chi connectivity index (χ0v) is 9.17. The van der Waals surface area contributed by atoms with Gasteiger partial charge in [-0.15, -0.1) is 0 Å². The topological polar surface area (TPSA) is 12.0 Å². The minimum Gasteiger partial charge on any atom is -0.310 e. The van der Waals surface area contributed by atoms with Crippen LogP contribution in [0.5, 0.6) is 0 Å². The lowest BCUT2D eigenvalue weighted by atomic mass is 9.85. The fourth-order valence-electron chi connectivity index (χ4n) is 1.93. The third kappa shape index (κ3) is 2.78. The van der Waals surface area contributed by atoms with Gasteiger partial charge in [0.1, 0.15) is 5.82 Å². The van der Waals surface area contributed by atoms with Gasteiger partial charge in [0.05, 0.1) is 0 Å². The molecule has 1 aromatic rings. The molecule has 1 saturated carbocycles. The summed E-state index contributed by atoms with van der Waals surface area (Å²) in [6.07, 6.45) is 4.08. The van der Waals surface area contributed by atoms with Crippen molar-refractivity contribution in [2.24, 2.45) is 5.92 Å². The predicted molar refractivity (Wildman–Crippen MR) is 60.2 cm³/mol. The van der Waals surface area contributed by atoms with Crippen LogP contribution >= 0.6 is 0 Å². The van der Waals surface area contributed by atoms with E-state index in [4.69, 9.17) is 0 Å². The van der Waals surface area contributed by atoms with Gasteiger partial charge in [-0.2, -0.15) is 0 Å². The maximum atomic E-state index is 13.0. The second-order valence-corrected chi connectivity index (χ2v) is 4.48. The van der Waals surface area contributed by atoms with Gasteiger partial charge in [-0.25, -0.2) is 4.39 Å². The van der Waals surface area contributed by atoms with Gasteiger partial charge in [-0.05, 0) is 49.9 Å². The van der Waals surface area contributed by atoms with Gasteiger partial charge in [-0.1, -0.05) is 18.6 Å². The molecule has 1 atom stereocenters. The van der Waals surface area contributed by atoms with E-state index in [1.54, 1.807) is 12.1 Å². The molecule has 0 aliphatic heterocycles. The summed E-state index contributed by atoms with van der Waals surface area (Å²) in [6, 6.07) is 7.09. The summed E-state index contributed by atoms with van der Waals surface area (Å²) in [7, 11) is 0. The lowest BCUT2D eigenvalue weighted by Crippen LogP contribution is -2.29. The summed E-state index contributed by atoms with van der Waals surface area (Å²) in [5, 5.41) is 3.46. The average Bonchev–Trinajstić information content (AvgIpc) is 2.15. The van der Waals surface area contributed by atoms with E-state index in [0.29, 0.717) is 0 Å².